The van der Waals surface area contributed by atoms with Crippen molar-refractivity contribution in [2.75, 3.05) is 39.3 Å². The van der Waals surface area contributed by atoms with E-state index in [1.54, 1.807) is 6.92 Å². The second kappa shape index (κ2) is 3.95. The van der Waals surface area contributed by atoms with Crippen LogP contribution in [0.1, 0.15) is 20.3 Å². The van der Waals surface area contributed by atoms with Gasteiger partial charge in [-0.15, -0.1) is 0 Å². The molecule has 0 aromatic rings. The molecule has 4 aliphatic rings. The lowest BCUT2D eigenvalue weighted by molar-refractivity contribution is -0.124. The molecule has 96 valence electrons. The number of hydrogen-bond donors (Lipinski definition) is 1. The van der Waals surface area contributed by atoms with E-state index >= 15 is 0 Å². The van der Waals surface area contributed by atoms with E-state index in [1.165, 1.54) is 45.7 Å². The molecule has 2 unspecified atom stereocenters. The van der Waals surface area contributed by atoms with E-state index in [-0.39, 0.29) is 5.91 Å². The standard InChI is InChI=1S/C13H23N3O/c1-3-13-8-15-4-5-16(9-13)7-11(6-15)12(13)14-10(2)17/h11-12H,3-9H2,1-2H3,(H,14,17)/t11?,12-,13?/m0/s1. The highest BCUT2D eigenvalue weighted by Crippen LogP contribution is 2.42. The van der Waals surface area contributed by atoms with Crippen molar-refractivity contribution in [1.29, 1.82) is 0 Å². The molecule has 4 heterocycles. The number of piperidine rings is 2. The maximum Gasteiger partial charge on any atom is 0.217 e. The SMILES string of the molecule is CCC12CN3CCN(CC(C3)[C@@H]1NC(C)=O)C2. The Hall–Kier alpha value is -0.610. The Morgan fingerprint density at radius 2 is 1.88 bits per heavy atom. The number of rotatable bonds is 2. The van der Waals surface area contributed by atoms with Crippen LogP contribution in [0.25, 0.3) is 0 Å². The fourth-order valence-electron chi connectivity index (χ4n) is 4.26. The van der Waals surface area contributed by atoms with Gasteiger partial charge in [-0.3, -0.25) is 4.79 Å². The van der Waals surface area contributed by atoms with Gasteiger partial charge in [0.15, 0.2) is 0 Å². The van der Waals surface area contributed by atoms with Crippen molar-refractivity contribution in [3.05, 3.63) is 0 Å². The van der Waals surface area contributed by atoms with Gasteiger partial charge in [-0.1, -0.05) is 6.92 Å². The lowest BCUT2D eigenvalue weighted by atomic mass is 9.66. The van der Waals surface area contributed by atoms with Crippen LogP contribution in [0, 0.1) is 11.3 Å². The third-order valence-corrected chi connectivity index (χ3v) is 4.99. The molecule has 0 aromatic heterocycles. The molecule has 4 heteroatoms. The summed E-state index contributed by atoms with van der Waals surface area (Å²) in [5.74, 6) is 0.767. The van der Waals surface area contributed by atoms with Crippen molar-refractivity contribution in [1.82, 2.24) is 15.1 Å². The number of hydrogen-bond acceptors (Lipinski definition) is 3. The van der Waals surface area contributed by atoms with Gasteiger partial charge < -0.3 is 15.1 Å². The summed E-state index contributed by atoms with van der Waals surface area (Å²) in [5, 5.41) is 3.25. The predicted molar refractivity (Wildman–Crippen MR) is 66.7 cm³/mol. The van der Waals surface area contributed by atoms with E-state index in [0.717, 1.165) is 0 Å². The van der Waals surface area contributed by atoms with Crippen LogP contribution in [0.2, 0.25) is 0 Å². The van der Waals surface area contributed by atoms with E-state index in [9.17, 15) is 4.79 Å². The number of carbonyl (C=O) groups excluding carboxylic acids is 1. The largest absolute Gasteiger partial charge is 0.353 e. The van der Waals surface area contributed by atoms with Crippen molar-refractivity contribution in [2.24, 2.45) is 11.3 Å². The third kappa shape index (κ3) is 1.78. The molecule has 0 radical (unpaired) electrons. The lowest BCUT2D eigenvalue weighted by Crippen LogP contribution is -2.68. The second-order valence-corrected chi connectivity index (χ2v) is 6.12. The highest BCUT2D eigenvalue weighted by Gasteiger charge is 2.53. The van der Waals surface area contributed by atoms with Gasteiger partial charge in [0, 0.05) is 63.6 Å². The first kappa shape index (κ1) is 11.5. The molecule has 3 atom stereocenters. The molecule has 0 aliphatic carbocycles. The van der Waals surface area contributed by atoms with Gasteiger partial charge >= 0.3 is 0 Å². The summed E-state index contributed by atoms with van der Waals surface area (Å²) in [6.07, 6.45) is 1.17. The monoisotopic (exact) mass is 237 g/mol. The van der Waals surface area contributed by atoms with E-state index in [1.807, 2.05) is 0 Å². The third-order valence-electron chi connectivity index (χ3n) is 4.99. The fourth-order valence-corrected chi connectivity index (χ4v) is 4.26. The molecule has 1 amide bonds. The van der Waals surface area contributed by atoms with Crippen LogP contribution in [0.15, 0.2) is 0 Å². The Balaban J connectivity index is 1.92. The van der Waals surface area contributed by atoms with Gasteiger partial charge in [-0.25, -0.2) is 0 Å². The first-order valence-electron chi connectivity index (χ1n) is 6.85. The second-order valence-electron chi connectivity index (χ2n) is 6.12. The number of carbonyl (C=O) groups is 1. The maximum atomic E-state index is 11.4. The van der Waals surface area contributed by atoms with E-state index < -0.39 is 0 Å². The summed E-state index contributed by atoms with van der Waals surface area (Å²) in [4.78, 5) is 16.7. The van der Waals surface area contributed by atoms with Crippen LogP contribution < -0.4 is 5.32 Å². The summed E-state index contributed by atoms with van der Waals surface area (Å²) >= 11 is 0. The quantitative estimate of drug-likeness (QED) is 0.742. The van der Waals surface area contributed by atoms with Gasteiger partial charge in [0.05, 0.1) is 0 Å². The summed E-state index contributed by atoms with van der Waals surface area (Å²) in [5.41, 5.74) is 0.295. The molecule has 1 N–H and O–H groups in total. The number of amides is 1. The zero-order valence-corrected chi connectivity index (χ0v) is 10.9. The average Bonchev–Trinajstić information content (AvgIpc) is 2.51. The van der Waals surface area contributed by atoms with Crippen molar-refractivity contribution in [2.45, 2.75) is 26.3 Å². The number of nitrogens with zero attached hydrogens (tertiary/aromatic N) is 2. The van der Waals surface area contributed by atoms with E-state index in [2.05, 4.69) is 22.0 Å². The zero-order chi connectivity index (χ0) is 12.0. The first-order chi connectivity index (χ1) is 8.13. The van der Waals surface area contributed by atoms with Gasteiger partial charge in [0.1, 0.15) is 0 Å². The highest BCUT2D eigenvalue weighted by atomic mass is 16.1. The van der Waals surface area contributed by atoms with Crippen LogP contribution in [-0.2, 0) is 4.79 Å². The molecule has 0 aromatic carbocycles. The molecule has 0 spiro atoms. The molecule has 4 fully saturated rings. The topological polar surface area (TPSA) is 35.6 Å². The van der Waals surface area contributed by atoms with E-state index in [4.69, 9.17) is 0 Å². The number of fused-ring (bicyclic) bond motifs is 1. The Kier molecular flexibility index (Phi) is 2.67. The zero-order valence-electron chi connectivity index (χ0n) is 10.9. The summed E-state index contributed by atoms with van der Waals surface area (Å²) in [7, 11) is 0. The Morgan fingerprint density at radius 1 is 1.29 bits per heavy atom. The van der Waals surface area contributed by atoms with Crippen LogP contribution in [0.3, 0.4) is 0 Å². The Bertz CT molecular complexity index is 315. The minimum Gasteiger partial charge on any atom is -0.353 e. The van der Waals surface area contributed by atoms with Gasteiger partial charge in [-0.2, -0.15) is 0 Å². The lowest BCUT2D eigenvalue weighted by Gasteiger charge is -2.55. The Morgan fingerprint density at radius 3 is 2.35 bits per heavy atom. The van der Waals surface area contributed by atoms with Crippen molar-refractivity contribution in [3.8, 4) is 0 Å². The fraction of sp³-hybridized carbons (Fsp3) is 0.923. The normalized spacial score (nSPS) is 47.9. The van der Waals surface area contributed by atoms with Crippen LogP contribution >= 0.6 is 0 Å². The predicted octanol–water partition coefficient (Wildman–Crippen LogP) is 0.149. The smallest absolute Gasteiger partial charge is 0.217 e. The van der Waals surface area contributed by atoms with Gasteiger partial charge in [0.25, 0.3) is 0 Å². The molecule has 0 saturated carbocycles. The summed E-state index contributed by atoms with van der Waals surface area (Å²) in [6, 6.07) is 0.399. The van der Waals surface area contributed by atoms with Crippen molar-refractivity contribution >= 4 is 5.91 Å². The Labute approximate surface area is 103 Å². The van der Waals surface area contributed by atoms with Crippen LogP contribution in [0.4, 0.5) is 0 Å². The van der Waals surface area contributed by atoms with Crippen molar-refractivity contribution < 1.29 is 4.79 Å². The van der Waals surface area contributed by atoms with E-state index in [0.29, 0.717) is 17.4 Å². The summed E-state index contributed by atoms with van der Waals surface area (Å²) < 4.78 is 0. The van der Waals surface area contributed by atoms with Gasteiger partial charge in [0.2, 0.25) is 5.91 Å². The van der Waals surface area contributed by atoms with Gasteiger partial charge in [-0.05, 0) is 6.42 Å². The molecule has 4 rings (SSSR count). The molecule has 4 aliphatic heterocycles. The molecular formula is C13H23N3O. The molecular weight excluding hydrogens is 214 g/mol. The van der Waals surface area contributed by atoms with Crippen LogP contribution in [0.5, 0.6) is 0 Å². The van der Waals surface area contributed by atoms with Crippen molar-refractivity contribution in [3.63, 3.8) is 0 Å². The maximum absolute atomic E-state index is 11.4. The molecule has 4 bridgehead atoms. The molecule has 17 heavy (non-hydrogen) atoms. The first-order valence-corrected chi connectivity index (χ1v) is 6.85. The summed E-state index contributed by atoms with van der Waals surface area (Å²) in [6.45, 7) is 11.0. The number of nitrogens with one attached hydrogen (secondary N) is 1. The van der Waals surface area contributed by atoms with Crippen LogP contribution in [-0.4, -0.2) is 61.0 Å². The molecule has 4 saturated heterocycles. The minimum absolute atomic E-state index is 0.138. The average molecular weight is 237 g/mol. The molecule has 4 nitrogen and oxygen atoms in total. The highest BCUT2D eigenvalue weighted by molar-refractivity contribution is 5.73. The minimum atomic E-state index is 0.138.